The summed E-state index contributed by atoms with van der Waals surface area (Å²) in [5.41, 5.74) is -0.957. The summed E-state index contributed by atoms with van der Waals surface area (Å²) in [6.07, 6.45) is -4.70. The monoisotopic (exact) mass is 353 g/mol. The van der Waals surface area contributed by atoms with Crippen molar-refractivity contribution in [3.8, 4) is 0 Å². The van der Waals surface area contributed by atoms with Gasteiger partial charge in [-0.1, -0.05) is 11.6 Å². The van der Waals surface area contributed by atoms with Crippen LogP contribution in [0.1, 0.15) is 10.4 Å². The lowest BCUT2D eigenvalue weighted by Crippen LogP contribution is -2.34. The maximum absolute atomic E-state index is 13.8. The molecule has 0 unspecified atom stereocenters. The molecule has 1 N–H and O–H groups in total. The second kappa shape index (κ2) is 5.74. The SMILES string of the molecule is O=C(NCC(F)(F)F)c1cc(Cl)cc(S(=O)(=O)Cl)c1F. The molecule has 20 heavy (non-hydrogen) atoms. The van der Waals surface area contributed by atoms with Gasteiger partial charge in [-0.15, -0.1) is 0 Å². The Morgan fingerprint density at radius 3 is 2.30 bits per heavy atom. The van der Waals surface area contributed by atoms with Crippen LogP contribution < -0.4 is 5.32 Å². The first-order valence-corrected chi connectivity index (χ1v) is 7.39. The molecule has 0 aliphatic rings. The van der Waals surface area contributed by atoms with E-state index in [1.165, 1.54) is 5.32 Å². The van der Waals surface area contributed by atoms with Crippen LogP contribution in [0.4, 0.5) is 17.6 Å². The van der Waals surface area contributed by atoms with Gasteiger partial charge in [0.25, 0.3) is 15.0 Å². The Hall–Kier alpha value is -1.06. The second-order valence-electron chi connectivity index (χ2n) is 3.50. The maximum Gasteiger partial charge on any atom is 0.405 e. The lowest BCUT2D eigenvalue weighted by molar-refractivity contribution is -0.123. The molecule has 4 nitrogen and oxygen atoms in total. The van der Waals surface area contributed by atoms with E-state index in [2.05, 4.69) is 0 Å². The lowest BCUT2D eigenvalue weighted by atomic mass is 10.2. The van der Waals surface area contributed by atoms with Gasteiger partial charge in [0.15, 0.2) is 5.82 Å². The third-order valence-corrected chi connectivity index (χ3v) is 3.50. The molecule has 11 heteroatoms. The molecule has 0 bridgehead atoms. The van der Waals surface area contributed by atoms with Gasteiger partial charge >= 0.3 is 6.18 Å². The highest BCUT2D eigenvalue weighted by Gasteiger charge is 2.29. The Labute approximate surface area is 120 Å². The number of hydrogen-bond donors (Lipinski definition) is 1. The molecular formula is C9H5Cl2F4NO3S. The van der Waals surface area contributed by atoms with Crippen molar-refractivity contribution >= 4 is 37.2 Å². The average Bonchev–Trinajstić information content (AvgIpc) is 2.26. The van der Waals surface area contributed by atoms with Crippen molar-refractivity contribution in [1.82, 2.24) is 5.32 Å². The lowest BCUT2D eigenvalue weighted by Gasteiger charge is -2.10. The van der Waals surface area contributed by atoms with Gasteiger partial charge in [0.05, 0.1) is 5.56 Å². The summed E-state index contributed by atoms with van der Waals surface area (Å²) in [6, 6.07) is 1.33. The van der Waals surface area contributed by atoms with E-state index in [1.807, 2.05) is 0 Å². The normalized spacial score (nSPS) is 12.3. The van der Waals surface area contributed by atoms with Crippen LogP contribution >= 0.6 is 22.3 Å². The van der Waals surface area contributed by atoms with Gasteiger partial charge in [-0.05, 0) is 12.1 Å². The smallest absolute Gasteiger partial charge is 0.343 e. The molecule has 0 aromatic heterocycles. The summed E-state index contributed by atoms with van der Waals surface area (Å²) < 4.78 is 71.6. The number of nitrogens with one attached hydrogen (secondary N) is 1. The summed E-state index contributed by atoms with van der Waals surface area (Å²) >= 11 is 5.47. The number of hydrogen-bond acceptors (Lipinski definition) is 3. The molecule has 0 radical (unpaired) electrons. The molecule has 0 aliphatic heterocycles. The van der Waals surface area contributed by atoms with Crippen molar-refractivity contribution in [3.05, 3.63) is 28.5 Å². The molecule has 0 spiro atoms. The van der Waals surface area contributed by atoms with E-state index < -0.39 is 44.0 Å². The van der Waals surface area contributed by atoms with Crippen molar-refractivity contribution in [2.45, 2.75) is 11.1 Å². The number of benzene rings is 1. The predicted octanol–water partition coefficient (Wildman–Crippen LogP) is 2.70. The van der Waals surface area contributed by atoms with Crippen LogP contribution in [0.5, 0.6) is 0 Å². The topological polar surface area (TPSA) is 63.2 Å². The Bertz CT molecular complexity index is 645. The molecule has 0 heterocycles. The molecule has 0 aliphatic carbocycles. The van der Waals surface area contributed by atoms with E-state index in [0.717, 1.165) is 0 Å². The molecule has 1 rings (SSSR count). The van der Waals surface area contributed by atoms with E-state index in [4.69, 9.17) is 22.3 Å². The quantitative estimate of drug-likeness (QED) is 0.671. The average molecular weight is 354 g/mol. The molecule has 0 atom stereocenters. The van der Waals surface area contributed by atoms with Gasteiger partial charge < -0.3 is 5.32 Å². The van der Waals surface area contributed by atoms with Crippen LogP contribution in [0, 0.1) is 5.82 Å². The molecule has 0 saturated heterocycles. The molecule has 1 aromatic rings. The number of amides is 1. The van der Waals surface area contributed by atoms with Crippen LogP contribution in [0.3, 0.4) is 0 Å². The standard InChI is InChI=1S/C9H5Cl2F4NO3S/c10-4-1-5(8(17)16-3-9(13,14)15)7(12)6(2-4)20(11,18)19/h1-2H,3H2,(H,16,17). The Kier molecular flexibility index (Phi) is 4.88. The molecule has 112 valence electrons. The van der Waals surface area contributed by atoms with Gasteiger partial charge in [0.2, 0.25) is 0 Å². The summed E-state index contributed by atoms with van der Waals surface area (Å²) in [5.74, 6) is -3.05. The molecule has 0 saturated carbocycles. The highest BCUT2D eigenvalue weighted by Crippen LogP contribution is 2.26. The van der Waals surface area contributed by atoms with E-state index in [0.29, 0.717) is 12.1 Å². The minimum atomic E-state index is -4.70. The minimum absolute atomic E-state index is 0.372. The van der Waals surface area contributed by atoms with Crippen LogP contribution in [0.15, 0.2) is 17.0 Å². The van der Waals surface area contributed by atoms with Crippen molar-refractivity contribution in [2.75, 3.05) is 6.54 Å². The van der Waals surface area contributed by atoms with Crippen molar-refractivity contribution in [1.29, 1.82) is 0 Å². The summed E-state index contributed by atoms with van der Waals surface area (Å²) in [6.45, 7) is -1.71. The Morgan fingerprint density at radius 1 is 1.30 bits per heavy atom. The molecule has 0 fully saturated rings. The van der Waals surface area contributed by atoms with Crippen molar-refractivity contribution in [2.24, 2.45) is 0 Å². The predicted molar refractivity (Wildman–Crippen MR) is 62.8 cm³/mol. The number of carbonyl (C=O) groups excluding carboxylic acids is 1. The zero-order chi connectivity index (χ0) is 15.7. The zero-order valence-electron chi connectivity index (χ0n) is 9.26. The van der Waals surface area contributed by atoms with Crippen LogP contribution in [0.2, 0.25) is 5.02 Å². The van der Waals surface area contributed by atoms with Crippen LogP contribution in [0.25, 0.3) is 0 Å². The molecule has 1 aromatic carbocycles. The zero-order valence-corrected chi connectivity index (χ0v) is 11.6. The number of rotatable bonds is 3. The van der Waals surface area contributed by atoms with E-state index in [-0.39, 0.29) is 5.02 Å². The first kappa shape index (κ1) is 17.0. The first-order chi connectivity index (χ1) is 8.92. The number of alkyl halides is 3. The summed E-state index contributed by atoms with van der Waals surface area (Å²) in [4.78, 5) is 10.3. The first-order valence-electron chi connectivity index (χ1n) is 4.70. The van der Waals surface area contributed by atoms with E-state index >= 15 is 0 Å². The van der Waals surface area contributed by atoms with Crippen LogP contribution in [-0.4, -0.2) is 27.0 Å². The fourth-order valence-electron chi connectivity index (χ4n) is 1.18. The highest BCUT2D eigenvalue weighted by molar-refractivity contribution is 8.13. The fourth-order valence-corrected chi connectivity index (χ4v) is 2.39. The largest absolute Gasteiger partial charge is 0.405 e. The fraction of sp³-hybridized carbons (Fsp3) is 0.222. The van der Waals surface area contributed by atoms with Gasteiger partial charge in [-0.3, -0.25) is 4.79 Å². The molecule has 1 amide bonds. The van der Waals surface area contributed by atoms with Crippen LogP contribution in [-0.2, 0) is 9.05 Å². The van der Waals surface area contributed by atoms with E-state index in [9.17, 15) is 30.8 Å². The number of carbonyl (C=O) groups is 1. The Morgan fingerprint density at radius 2 is 1.85 bits per heavy atom. The summed E-state index contributed by atoms with van der Waals surface area (Å²) in [5, 5.41) is 1.01. The van der Waals surface area contributed by atoms with Crippen molar-refractivity contribution < 1.29 is 30.8 Å². The van der Waals surface area contributed by atoms with Gasteiger partial charge in [0, 0.05) is 15.7 Å². The third-order valence-electron chi connectivity index (χ3n) is 1.96. The third kappa shape index (κ3) is 4.50. The summed E-state index contributed by atoms with van der Waals surface area (Å²) in [7, 11) is 0.379. The highest BCUT2D eigenvalue weighted by atomic mass is 35.7. The van der Waals surface area contributed by atoms with Gasteiger partial charge in [-0.2, -0.15) is 13.2 Å². The van der Waals surface area contributed by atoms with E-state index in [1.54, 1.807) is 0 Å². The van der Waals surface area contributed by atoms with Gasteiger partial charge in [0.1, 0.15) is 11.4 Å². The van der Waals surface area contributed by atoms with Crippen molar-refractivity contribution in [3.63, 3.8) is 0 Å². The second-order valence-corrected chi connectivity index (χ2v) is 6.47. The Balaban J connectivity index is 3.20. The maximum atomic E-state index is 13.8. The number of halogens is 6. The van der Waals surface area contributed by atoms with Gasteiger partial charge in [-0.25, -0.2) is 12.8 Å². The molecular weight excluding hydrogens is 349 g/mol. The minimum Gasteiger partial charge on any atom is -0.343 e.